The molecule has 2 saturated heterocycles. The molecule has 0 spiro atoms. The normalized spacial score (nSPS) is 20.0. The molecule has 0 bridgehead atoms. The number of benzene rings is 1. The number of nitrogens with one attached hydrogen (secondary N) is 3. The summed E-state index contributed by atoms with van der Waals surface area (Å²) in [6.07, 6.45) is 0.868. The monoisotopic (exact) mass is 556 g/mol. The van der Waals surface area contributed by atoms with Crippen molar-refractivity contribution in [2.75, 3.05) is 26.8 Å². The van der Waals surface area contributed by atoms with Crippen LogP contribution in [0.3, 0.4) is 0 Å². The van der Waals surface area contributed by atoms with Gasteiger partial charge >= 0.3 is 12.1 Å². The number of carboxylic acid groups (broad SMARTS) is 1. The van der Waals surface area contributed by atoms with E-state index in [1.807, 2.05) is 37.4 Å². The van der Waals surface area contributed by atoms with Crippen LogP contribution in [-0.4, -0.2) is 84.1 Å². The molecule has 10 nitrogen and oxygen atoms in total. The molecule has 2 fully saturated rings. The lowest BCUT2D eigenvalue weighted by Crippen LogP contribution is -2.54. The van der Waals surface area contributed by atoms with Gasteiger partial charge < -0.3 is 25.5 Å². The molecule has 216 valence electrons. The second-order valence-corrected chi connectivity index (χ2v) is 9.60. The summed E-state index contributed by atoms with van der Waals surface area (Å²) in [6.45, 7) is 3.87. The lowest BCUT2D eigenvalue weighted by molar-refractivity contribution is -0.199. The van der Waals surface area contributed by atoms with Crippen molar-refractivity contribution in [3.63, 3.8) is 0 Å². The maximum atomic E-state index is 13.3. The quantitative estimate of drug-likeness (QED) is 0.393. The van der Waals surface area contributed by atoms with Gasteiger partial charge in [-0.15, -0.1) is 0 Å². The topological polar surface area (TPSA) is 133 Å². The largest absolute Gasteiger partial charge is 0.490 e. The van der Waals surface area contributed by atoms with Crippen LogP contribution in [0.4, 0.5) is 13.2 Å². The van der Waals surface area contributed by atoms with E-state index in [4.69, 9.17) is 19.5 Å². The van der Waals surface area contributed by atoms with E-state index >= 15 is 0 Å². The Morgan fingerprint density at radius 2 is 1.95 bits per heavy atom. The average molecular weight is 557 g/mol. The van der Waals surface area contributed by atoms with Crippen LogP contribution in [0, 0.1) is 5.92 Å². The Morgan fingerprint density at radius 1 is 1.23 bits per heavy atom. The fourth-order valence-electron chi connectivity index (χ4n) is 4.83. The zero-order valence-electron chi connectivity index (χ0n) is 21.9. The number of nitrogens with zero attached hydrogens (tertiary/aromatic N) is 1. The van der Waals surface area contributed by atoms with Crippen LogP contribution in [0.15, 0.2) is 30.5 Å². The Kier molecular flexibility index (Phi) is 10.7. The molecule has 13 heteroatoms. The molecule has 2 aromatic rings. The van der Waals surface area contributed by atoms with Gasteiger partial charge in [-0.2, -0.15) is 13.2 Å². The summed E-state index contributed by atoms with van der Waals surface area (Å²) >= 11 is 0. The standard InChI is InChI=1S/C24H34N4O4.C2HF3O2/c1-16(22(31-2)20-10-7-11-25-20)23(29)27-21(24(30)28-12-5-6-13-32-28)14-17-15-26-19-9-4-3-8-18(17)19;3-2(4,5)1(6)7/h3-4,8-9,15-16,20-22,25-26H,5-7,10-14H2,1-2H3,(H,27,29);(H,6,7)/t16-,20+,21+,22-;/m1./s1. The average Bonchev–Trinajstić information content (AvgIpc) is 3.59. The number of carboxylic acids is 1. The Hall–Kier alpha value is -3.16. The SMILES string of the molecule is CO[C@@H]([C@@H]1CCCN1)[C@@H](C)C(=O)N[C@@H](Cc1c[nH]c2ccccc12)C(=O)N1CCCCO1.O=C(O)C(F)(F)F. The fourth-order valence-corrected chi connectivity index (χ4v) is 4.83. The van der Waals surface area contributed by atoms with Gasteiger partial charge in [0.2, 0.25) is 5.91 Å². The molecular weight excluding hydrogens is 521 g/mol. The minimum Gasteiger partial charge on any atom is -0.475 e. The summed E-state index contributed by atoms with van der Waals surface area (Å²) in [7, 11) is 1.64. The molecule has 4 rings (SSSR count). The Balaban J connectivity index is 0.000000532. The molecule has 0 saturated carbocycles. The first-order chi connectivity index (χ1) is 18.5. The second-order valence-electron chi connectivity index (χ2n) is 9.60. The number of hydroxylamine groups is 2. The first kappa shape index (κ1) is 30.4. The molecule has 2 aliphatic heterocycles. The van der Waals surface area contributed by atoms with Crippen molar-refractivity contribution in [3.05, 3.63) is 36.0 Å². The number of H-pyrrole nitrogens is 1. The highest BCUT2D eigenvalue weighted by Crippen LogP contribution is 2.22. The molecule has 2 aliphatic rings. The van der Waals surface area contributed by atoms with Crippen molar-refractivity contribution < 1.29 is 42.2 Å². The molecule has 39 heavy (non-hydrogen) atoms. The number of aromatic nitrogens is 1. The number of para-hydroxylation sites is 1. The Bertz CT molecular complexity index is 1110. The summed E-state index contributed by atoms with van der Waals surface area (Å²) in [5.41, 5.74) is 2.00. The van der Waals surface area contributed by atoms with E-state index in [0.29, 0.717) is 19.6 Å². The van der Waals surface area contributed by atoms with Crippen LogP contribution in [0.1, 0.15) is 38.2 Å². The molecule has 3 heterocycles. The number of aromatic amines is 1. The van der Waals surface area contributed by atoms with Gasteiger partial charge in [0.15, 0.2) is 0 Å². The zero-order chi connectivity index (χ0) is 28.6. The predicted molar refractivity (Wildman–Crippen MR) is 136 cm³/mol. The number of alkyl halides is 3. The van der Waals surface area contributed by atoms with Crippen LogP contribution in [0.5, 0.6) is 0 Å². The summed E-state index contributed by atoms with van der Waals surface area (Å²) < 4.78 is 37.4. The number of aliphatic carboxylic acids is 1. The lowest BCUT2D eigenvalue weighted by Gasteiger charge is -2.32. The summed E-state index contributed by atoms with van der Waals surface area (Å²) in [4.78, 5) is 44.4. The van der Waals surface area contributed by atoms with Crippen molar-refractivity contribution in [1.82, 2.24) is 20.7 Å². The van der Waals surface area contributed by atoms with E-state index in [-0.39, 0.29) is 24.0 Å². The van der Waals surface area contributed by atoms with Crippen molar-refractivity contribution >= 4 is 28.7 Å². The molecule has 4 atom stereocenters. The van der Waals surface area contributed by atoms with Gasteiger partial charge in [0.05, 0.1) is 18.6 Å². The molecule has 4 N–H and O–H groups in total. The van der Waals surface area contributed by atoms with Crippen molar-refractivity contribution in [2.45, 2.75) is 63.4 Å². The molecule has 1 aromatic carbocycles. The number of halogens is 3. The Morgan fingerprint density at radius 3 is 2.54 bits per heavy atom. The Labute approximate surface area is 224 Å². The number of carbonyl (C=O) groups is 3. The molecule has 1 aromatic heterocycles. The number of carbonyl (C=O) groups excluding carboxylic acids is 2. The van der Waals surface area contributed by atoms with Gasteiger partial charge in [-0.05, 0) is 43.9 Å². The minimum atomic E-state index is -5.08. The van der Waals surface area contributed by atoms with Crippen LogP contribution in [-0.2, 0) is 30.4 Å². The molecular formula is C26H35F3N4O6. The first-order valence-electron chi connectivity index (χ1n) is 12.9. The number of amides is 2. The van der Waals surface area contributed by atoms with E-state index in [1.54, 1.807) is 7.11 Å². The van der Waals surface area contributed by atoms with E-state index < -0.39 is 24.1 Å². The smallest absolute Gasteiger partial charge is 0.475 e. The van der Waals surface area contributed by atoms with Gasteiger partial charge in [-0.1, -0.05) is 25.1 Å². The second kappa shape index (κ2) is 13.8. The van der Waals surface area contributed by atoms with E-state index in [1.165, 1.54) is 5.06 Å². The highest BCUT2D eigenvalue weighted by Gasteiger charge is 2.38. The van der Waals surface area contributed by atoms with Gasteiger partial charge in [0.25, 0.3) is 5.91 Å². The van der Waals surface area contributed by atoms with E-state index in [0.717, 1.165) is 48.7 Å². The number of hydrogen-bond donors (Lipinski definition) is 4. The van der Waals surface area contributed by atoms with Crippen LogP contribution < -0.4 is 10.6 Å². The van der Waals surface area contributed by atoms with Crippen molar-refractivity contribution in [2.24, 2.45) is 5.92 Å². The summed E-state index contributed by atoms with van der Waals surface area (Å²) in [6, 6.07) is 7.41. The number of hydrogen-bond acceptors (Lipinski definition) is 6. The summed E-state index contributed by atoms with van der Waals surface area (Å²) in [5, 5.41) is 16.0. The third-order valence-electron chi connectivity index (χ3n) is 6.88. The third-order valence-corrected chi connectivity index (χ3v) is 6.88. The molecule has 2 amide bonds. The van der Waals surface area contributed by atoms with Gasteiger partial charge in [-0.25, -0.2) is 9.86 Å². The number of methoxy groups -OCH3 is 1. The number of fused-ring (bicyclic) bond motifs is 1. The summed E-state index contributed by atoms with van der Waals surface area (Å²) in [5.74, 6) is -3.53. The van der Waals surface area contributed by atoms with Crippen LogP contribution in [0.2, 0.25) is 0 Å². The van der Waals surface area contributed by atoms with Crippen LogP contribution >= 0.6 is 0 Å². The van der Waals surface area contributed by atoms with Crippen molar-refractivity contribution in [3.8, 4) is 0 Å². The van der Waals surface area contributed by atoms with E-state index in [2.05, 4.69) is 15.6 Å². The third kappa shape index (κ3) is 8.16. The van der Waals surface area contributed by atoms with Gasteiger partial charge in [0, 0.05) is 43.2 Å². The zero-order valence-corrected chi connectivity index (χ0v) is 21.9. The minimum absolute atomic E-state index is 0.147. The predicted octanol–water partition coefficient (Wildman–Crippen LogP) is 2.79. The molecule has 0 unspecified atom stereocenters. The highest BCUT2D eigenvalue weighted by molar-refractivity contribution is 5.90. The van der Waals surface area contributed by atoms with Gasteiger partial charge in [0.1, 0.15) is 6.04 Å². The van der Waals surface area contributed by atoms with E-state index in [9.17, 15) is 22.8 Å². The van der Waals surface area contributed by atoms with Gasteiger partial charge in [-0.3, -0.25) is 14.4 Å². The highest BCUT2D eigenvalue weighted by atomic mass is 19.4. The molecule has 0 radical (unpaired) electrons. The lowest BCUT2D eigenvalue weighted by atomic mass is 9.94. The first-order valence-corrected chi connectivity index (χ1v) is 12.9. The number of rotatable bonds is 8. The molecule has 0 aliphatic carbocycles. The fraction of sp³-hybridized carbons (Fsp3) is 0.577. The number of ether oxygens (including phenoxy) is 1. The maximum Gasteiger partial charge on any atom is 0.490 e. The maximum absolute atomic E-state index is 13.3. The van der Waals surface area contributed by atoms with Crippen LogP contribution in [0.25, 0.3) is 10.9 Å². The van der Waals surface area contributed by atoms with Crippen molar-refractivity contribution in [1.29, 1.82) is 0 Å².